The molecule has 0 saturated heterocycles. The van der Waals surface area contributed by atoms with Crippen LogP contribution in [0.2, 0.25) is 5.02 Å². The number of hydrogen-bond acceptors (Lipinski definition) is 4. The second kappa shape index (κ2) is 9.63. The molecule has 5 rings (SSSR count). The van der Waals surface area contributed by atoms with E-state index < -0.39 is 6.04 Å². The summed E-state index contributed by atoms with van der Waals surface area (Å²) < 4.78 is 1.00. The van der Waals surface area contributed by atoms with Crippen LogP contribution in [0.1, 0.15) is 28.4 Å². The molecule has 0 spiro atoms. The molecule has 0 aliphatic rings. The largest absolute Gasteiger partial charge is 0.345 e. The molecule has 0 radical (unpaired) electrons. The van der Waals surface area contributed by atoms with Gasteiger partial charge in [-0.1, -0.05) is 95.7 Å². The molecule has 7 heteroatoms. The summed E-state index contributed by atoms with van der Waals surface area (Å²) in [7, 11) is 0. The zero-order chi connectivity index (χ0) is 23.5. The van der Waals surface area contributed by atoms with Crippen LogP contribution in [0, 0.1) is 0 Å². The van der Waals surface area contributed by atoms with E-state index in [4.69, 9.17) is 11.6 Å². The number of thiazole rings is 1. The number of carbonyl (C=O) groups excluding carboxylic acids is 2. The van der Waals surface area contributed by atoms with Gasteiger partial charge in [-0.15, -0.1) is 0 Å². The van der Waals surface area contributed by atoms with Gasteiger partial charge in [-0.3, -0.25) is 9.59 Å². The third-order valence-corrected chi connectivity index (χ3v) is 6.81. The van der Waals surface area contributed by atoms with Crippen molar-refractivity contribution in [1.29, 1.82) is 0 Å². The summed E-state index contributed by atoms with van der Waals surface area (Å²) in [5.41, 5.74) is 2.06. The first-order valence-corrected chi connectivity index (χ1v) is 12.0. The Morgan fingerprint density at radius 2 is 1.62 bits per heavy atom. The number of fused-ring (bicyclic) bond motifs is 3. The van der Waals surface area contributed by atoms with Crippen molar-refractivity contribution in [2.45, 2.75) is 12.5 Å². The smallest absolute Gasteiger partial charge is 0.253 e. The Morgan fingerprint density at radius 1 is 0.882 bits per heavy atom. The van der Waals surface area contributed by atoms with Gasteiger partial charge in [-0.25, -0.2) is 4.98 Å². The molecule has 0 unspecified atom stereocenters. The molecule has 168 valence electrons. The average molecular weight is 486 g/mol. The lowest BCUT2D eigenvalue weighted by Gasteiger charge is -2.19. The summed E-state index contributed by atoms with van der Waals surface area (Å²) in [6, 6.07) is 27.8. The normalized spacial score (nSPS) is 11.9. The van der Waals surface area contributed by atoms with Crippen molar-refractivity contribution in [1.82, 2.24) is 10.3 Å². The van der Waals surface area contributed by atoms with E-state index in [1.807, 2.05) is 60.7 Å². The minimum Gasteiger partial charge on any atom is -0.345 e. The maximum Gasteiger partial charge on any atom is 0.253 e. The molecular weight excluding hydrogens is 466 g/mol. The van der Waals surface area contributed by atoms with Gasteiger partial charge in [-0.05, 0) is 29.1 Å². The molecule has 1 aromatic heterocycles. The zero-order valence-electron chi connectivity index (χ0n) is 18.0. The molecule has 0 aliphatic carbocycles. The monoisotopic (exact) mass is 485 g/mol. The molecule has 2 amide bonds. The molecular formula is C27H20ClN3O2S. The molecule has 0 saturated carbocycles. The van der Waals surface area contributed by atoms with E-state index in [1.165, 1.54) is 11.3 Å². The summed E-state index contributed by atoms with van der Waals surface area (Å²) in [4.78, 5) is 30.6. The van der Waals surface area contributed by atoms with Gasteiger partial charge in [0.15, 0.2) is 5.13 Å². The maximum absolute atomic E-state index is 13.0. The van der Waals surface area contributed by atoms with E-state index in [2.05, 4.69) is 21.7 Å². The van der Waals surface area contributed by atoms with E-state index in [0.29, 0.717) is 15.7 Å². The molecule has 2 N–H and O–H groups in total. The van der Waals surface area contributed by atoms with Gasteiger partial charge in [0.2, 0.25) is 5.91 Å². The lowest BCUT2D eigenvalue weighted by Crippen LogP contribution is -2.31. The number of aromatic nitrogens is 1. The highest BCUT2D eigenvalue weighted by Gasteiger charge is 2.21. The number of rotatable bonds is 6. The molecule has 0 aliphatic heterocycles. The Kier molecular flexibility index (Phi) is 6.25. The Labute approximate surface area is 205 Å². The van der Waals surface area contributed by atoms with E-state index in [-0.39, 0.29) is 18.2 Å². The number of carbonyl (C=O) groups is 2. The van der Waals surface area contributed by atoms with E-state index in [9.17, 15) is 9.59 Å². The number of nitrogens with one attached hydrogen (secondary N) is 2. The van der Waals surface area contributed by atoms with Crippen LogP contribution >= 0.6 is 22.9 Å². The maximum atomic E-state index is 13.0. The van der Waals surface area contributed by atoms with Gasteiger partial charge in [0.1, 0.15) is 0 Å². The first kappa shape index (κ1) is 22.1. The van der Waals surface area contributed by atoms with Gasteiger partial charge >= 0.3 is 0 Å². The number of nitrogens with zero attached hydrogens (tertiary/aromatic N) is 1. The predicted octanol–water partition coefficient (Wildman–Crippen LogP) is 6.60. The van der Waals surface area contributed by atoms with Crippen LogP contribution in [0.15, 0.2) is 91.0 Å². The molecule has 5 aromatic rings. The SMILES string of the molecule is O=C(C[C@H](NC(=O)c1ccccc1Cl)c1ccccc1)Nc1nc2c(ccc3ccccc32)s1. The number of benzene rings is 4. The van der Waals surface area contributed by atoms with E-state index >= 15 is 0 Å². The summed E-state index contributed by atoms with van der Waals surface area (Å²) in [6.45, 7) is 0. The van der Waals surface area contributed by atoms with Gasteiger partial charge in [0.05, 0.1) is 33.3 Å². The van der Waals surface area contributed by atoms with Crippen LogP contribution in [-0.4, -0.2) is 16.8 Å². The first-order valence-electron chi connectivity index (χ1n) is 10.8. The lowest BCUT2D eigenvalue weighted by molar-refractivity contribution is -0.116. The zero-order valence-corrected chi connectivity index (χ0v) is 19.6. The van der Waals surface area contributed by atoms with Gasteiger partial charge in [0.25, 0.3) is 5.91 Å². The van der Waals surface area contributed by atoms with Crippen LogP contribution in [0.3, 0.4) is 0 Å². The van der Waals surface area contributed by atoms with Crippen LogP contribution in [0.5, 0.6) is 0 Å². The Hall–Kier alpha value is -3.74. The average Bonchev–Trinajstić information content (AvgIpc) is 3.27. The van der Waals surface area contributed by atoms with Crippen molar-refractivity contribution in [3.63, 3.8) is 0 Å². The van der Waals surface area contributed by atoms with Gasteiger partial charge in [-0.2, -0.15) is 0 Å². The van der Waals surface area contributed by atoms with Gasteiger partial charge < -0.3 is 10.6 Å². The quantitative estimate of drug-likeness (QED) is 0.284. The predicted molar refractivity (Wildman–Crippen MR) is 138 cm³/mol. The third kappa shape index (κ3) is 4.64. The summed E-state index contributed by atoms with van der Waals surface area (Å²) in [5, 5.41) is 8.90. The highest BCUT2D eigenvalue weighted by atomic mass is 35.5. The number of halogens is 1. The van der Waals surface area contributed by atoms with Crippen molar-refractivity contribution >= 4 is 60.9 Å². The fourth-order valence-electron chi connectivity index (χ4n) is 3.89. The topological polar surface area (TPSA) is 71.1 Å². The second-order valence-electron chi connectivity index (χ2n) is 7.82. The summed E-state index contributed by atoms with van der Waals surface area (Å²) >= 11 is 7.62. The van der Waals surface area contributed by atoms with Crippen LogP contribution < -0.4 is 10.6 Å². The molecule has 1 heterocycles. The number of anilines is 1. The van der Waals surface area contributed by atoms with Crippen molar-refractivity contribution in [3.8, 4) is 0 Å². The third-order valence-electron chi connectivity index (χ3n) is 5.55. The van der Waals surface area contributed by atoms with E-state index in [1.54, 1.807) is 24.3 Å². The molecule has 4 aromatic carbocycles. The Balaban J connectivity index is 1.37. The lowest BCUT2D eigenvalue weighted by atomic mass is 10.0. The van der Waals surface area contributed by atoms with Crippen molar-refractivity contribution in [2.24, 2.45) is 0 Å². The second-order valence-corrected chi connectivity index (χ2v) is 9.26. The molecule has 0 bridgehead atoms. The minimum absolute atomic E-state index is 0.0525. The highest BCUT2D eigenvalue weighted by molar-refractivity contribution is 7.22. The van der Waals surface area contributed by atoms with Crippen LogP contribution in [0.4, 0.5) is 5.13 Å². The Bertz CT molecular complexity index is 1500. The summed E-state index contributed by atoms with van der Waals surface area (Å²) in [6.07, 6.45) is 0.0525. The molecule has 34 heavy (non-hydrogen) atoms. The highest BCUT2D eigenvalue weighted by Crippen LogP contribution is 2.32. The number of hydrogen-bond donors (Lipinski definition) is 2. The van der Waals surface area contributed by atoms with E-state index in [0.717, 1.165) is 26.6 Å². The van der Waals surface area contributed by atoms with Crippen molar-refractivity contribution < 1.29 is 9.59 Å². The first-order chi connectivity index (χ1) is 16.6. The molecule has 1 atom stereocenters. The molecule has 5 nitrogen and oxygen atoms in total. The van der Waals surface area contributed by atoms with Crippen molar-refractivity contribution in [2.75, 3.05) is 5.32 Å². The number of amides is 2. The minimum atomic E-state index is -0.528. The standard InChI is InChI=1S/C27H20ClN3O2S/c28-21-13-7-6-12-20(21)26(33)29-22(18-9-2-1-3-10-18)16-24(32)30-27-31-25-19-11-5-4-8-17(19)14-15-23(25)34-27/h1-15,22H,16H2,(H,29,33)(H,30,31,32)/t22-/m0/s1. The Morgan fingerprint density at radius 3 is 2.44 bits per heavy atom. The molecule has 0 fully saturated rings. The van der Waals surface area contributed by atoms with Gasteiger partial charge in [0, 0.05) is 5.39 Å². The fourth-order valence-corrected chi connectivity index (χ4v) is 5.01. The fraction of sp³-hybridized carbons (Fsp3) is 0.0741. The van der Waals surface area contributed by atoms with Crippen molar-refractivity contribution in [3.05, 3.63) is 107 Å². The summed E-state index contributed by atoms with van der Waals surface area (Å²) in [5.74, 6) is -0.574. The van der Waals surface area contributed by atoms with Crippen LogP contribution in [-0.2, 0) is 4.79 Å². The van der Waals surface area contributed by atoms with Crippen LogP contribution in [0.25, 0.3) is 21.0 Å².